The van der Waals surface area contributed by atoms with E-state index in [9.17, 15) is 5.11 Å². The molecule has 0 fully saturated rings. The molecular weight excluding hydrogens is 244 g/mol. The molecule has 2 rings (SSSR count). The summed E-state index contributed by atoms with van der Waals surface area (Å²) in [4.78, 5) is 0. The van der Waals surface area contributed by atoms with Crippen molar-refractivity contribution >= 4 is 6.08 Å². The maximum absolute atomic E-state index is 11.1. The Hall–Kier alpha value is -2.12. The topological polar surface area (TPSA) is 20.2 Å². The van der Waals surface area contributed by atoms with Crippen LogP contribution in [0.2, 0.25) is 0 Å². The average molecular weight is 264 g/mol. The molecule has 0 aromatic heterocycles. The lowest BCUT2D eigenvalue weighted by Crippen LogP contribution is -2.30. The van der Waals surface area contributed by atoms with E-state index >= 15 is 0 Å². The Morgan fingerprint density at radius 1 is 1.00 bits per heavy atom. The quantitative estimate of drug-likeness (QED) is 0.793. The minimum atomic E-state index is -1.04. The third-order valence-corrected chi connectivity index (χ3v) is 3.61. The molecule has 1 nitrogen and oxygen atoms in total. The van der Waals surface area contributed by atoms with E-state index in [-0.39, 0.29) is 5.92 Å². The van der Waals surface area contributed by atoms with Gasteiger partial charge in [-0.3, -0.25) is 0 Å². The molecule has 20 heavy (non-hydrogen) atoms. The molecule has 0 radical (unpaired) electrons. The highest BCUT2D eigenvalue weighted by molar-refractivity contribution is 5.51. The van der Waals surface area contributed by atoms with E-state index in [2.05, 4.69) is 6.58 Å². The zero-order chi connectivity index (χ0) is 14.4. The van der Waals surface area contributed by atoms with Crippen molar-refractivity contribution in [1.29, 1.82) is 0 Å². The van der Waals surface area contributed by atoms with E-state index in [4.69, 9.17) is 0 Å². The fourth-order valence-corrected chi connectivity index (χ4v) is 2.18. The summed E-state index contributed by atoms with van der Waals surface area (Å²) < 4.78 is 0. The zero-order valence-corrected chi connectivity index (χ0v) is 11.7. The van der Waals surface area contributed by atoms with Gasteiger partial charge in [0.1, 0.15) is 5.60 Å². The normalized spacial score (nSPS) is 15.7. The van der Waals surface area contributed by atoms with Gasteiger partial charge in [0, 0.05) is 5.92 Å². The lowest BCUT2D eigenvalue weighted by molar-refractivity contribution is 0.0527. The predicted octanol–water partition coefficient (Wildman–Crippen LogP) is 4.41. The molecular formula is C19H20O. The number of rotatable bonds is 5. The van der Waals surface area contributed by atoms with E-state index in [1.165, 1.54) is 0 Å². The van der Waals surface area contributed by atoms with Gasteiger partial charge in [-0.1, -0.05) is 79.7 Å². The first-order valence-electron chi connectivity index (χ1n) is 6.81. The van der Waals surface area contributed by atoms with Gasteiger partial charge in [-0.15, -0.1) is 6.58 Å². The van der Waals surface area contributed by atoms with Crippen molar-refractivity contribution in [2.45, 2.75) is 12.5 Å². The van der Waals surface area contributed by atoms with Crippen LogP contribution in [0.3, 0.4) is 0 Å². The summed E-state index contributed by atoms with van der Waals surface area (Å²) in [6.07, 6.45) is 5.58. The summed E-state index contributed by atoms with van der Waals surface area (Å²) in [7, 11) is 0. The number of benzene rings is 2. The Balaban J connectivity index is 2.38. The van der Waals surface area contributed by atoms with E-state index in [1.54, 1.807) is 6.08 Å². The second kappa shape index (κ2) is 6.36. The van der Waals surface area contributed by atoms with Crippen LogP contribution < -0.4 is 0 Å². The van der Waals surface area contributed by atoms with Crippen LogP contribution in [0.15, 0.2) is 79.4 Å². The van der Waals surface area contributed by atoms with Crippen LogP contribution in [0, 0.1) is 5.92 Å². The molecule has 0 spiro atoms. The summed E-state index contributed by atoms with van der Waals surface area (Å²) in [5, 5.41) is 11.1. The minimum Gasteiger partial charge on any atom is -0.380 e. The van der Waals surface area contributed by atoms with Crippen LogP contribution in [-0.2, 0) is 5.60 Å². The van der Waals surface area contributed by atoms with Crippen LogP contribution in [0.1, 0.15) is 18.1 Å². The summed E-state index contributed by atoms with van der Waals surface area (Å²) >= 11 is 0. The fourth-order valence-electron chi connectivity index (χ4n) is 2.18. The highest BCUT2D eigenvalue weighted by Gasteiger charge is 2.30. The average Bonchev–Trinajstić information content (AvgIpc) is 2.53. The molecule has 2 atom stereocenters. The van der Waals surface area contributed by atoms with Gasteiger partial charge in [0.15, 0.2) is 0 Å². The lowest BCUT2D eigenvalue weighted by atomic mass is 9.81. The summed E-state index contributed by atoms with van der Waals surface area (Å²) in [5.41, 5.74) is 0.900. The molecule has 0 bridgehead atoms. The van der Waals surface area contributed by atoms with E-state index in [1.807, 2.05) is 79.7 Å². The summed E-state index contributed by atoms with van der Waals surface area (Å²) in [6.45, 7) is 5.78. The molecule has 1 N–H and O–H groups in total. The van der Waals surface area contributed by atoms with Crippen LogP contribution in [0.5, 0.6) is 0 Å². The number of aliphatic hydroxyl groups is 1. The highest BCUT2D eigenvalue weighted by atomic mass is 16.3. The third kappa shape index (κ3) is 3.06. The van der Waals surface area contributed by atoms with Crippen molar-refractivity contribution in [2.75, 3.05) is 0 Å². The fraction of sp³-hybridized carbons (Fsp3) is 0.158. The maximum atomic E-state index is 11.1. The van der Waals surface area contributed by atoms with Gasteiger partial charge in [-0.05, 0) is 17.2 Å². The van der Waals surface area contributed by atoms with Gasteiger partial charge >= 0.3 is 0 Å². The Kier molecular flexibility index (Phi) is 4.54. The molecule has 0 aliphatic carbocycles. The van der Waals surface area contributed by atoms with Crippen molar-refractivity contribution in [3.8, 4) is 0 Å². The first-order valence-corrected chi connectivity index (χ1v) is 6.81. The lowest BCUT2D eigenvalue weighted by Gasteiger charge is -2.30. The minimum absolute atomic E-state index is 0.0788. The van der Waals surface area contributed by atoms with E-state index in [0.717, 1.165) is 11.1 Å². The largest absolute Gasteiger partial charge is 0.380 e. The smallest absolute Gasteiger partial charge is 0.114 e. The molecule has 2 aromatic carbocycles. The van der Waals surface area contributed by atoms with Gasteiger partial charge in [-0.2, -0.15) is 0 Å². The van der Waals surface area contributed by atoms with Gasteiger partial charge in [0.2, 0.25) is 0 Å². The highest BCUT2D eigenvalue weighted by Crippen LogP contribution is 2.32. The molecule has 0 saturated carbocycles. The molecule has 0 unspecified atom stereocenters. The van der Waals surface area contributed by atoms with Crippen LogP contribution >= 0.6 is 0 Å². The number of hydrogen-bond donors (Lipinski definition) is 1. The zero-order valence-electron chi connectivity index (χ0n) is 11.7. The molecule has 0 heterocycles. The number of hydrogen-bond acceptors (Lipinski definition) is 1. The van der Waals surface area contributed by atoms with Gasteiger partial charge in [0.05, 0.1) is 0 Å². The van der Waals surface area contributed by atoms with E-state index < -0.39 is 5.60 Å². The van der Waals surface area contributed by atoms with Gasteiger partial charge in [0.25, 0.3) is 0 Å². The SMILES string of the molecule is C=C[C@H](C)[C@](O)(/C=C/c1ccccc1)c1ccccc1. The molecule has 0 aliphatic heterocycles. The monoisotopic (exact) mass is 264 g/mol. The van der Waals surface area contributed by atoms with Crippen LogP contribution in [0.25, 0.3) is 6.08 Å². The second-order valence-electron chi connectivity index (χ2n) is 4.96. The Morgan fingerprint density at radius 3 is 2.10 bits per heavy atom. The predicted molar refractivity (Wildman–Crippen MR) is 85.2 cm³/mol. The van der Waals surface area contributed by atoms with Crippen LogP contribution in [0.4, 0.5) is 0 Å². The summed E-state index contributed by atoms with van der Waals surface area (Å²) in [6, 6.07) is 19.7. The first kappa shape index (κ1) is 14.3. The third-order valence-electron chi connectivity index (χ3n) is 3.61. The molecule has 0 amide bonds. The van der Waals surface area contributed by atoms with Crippen LogP contribution in [-0.4, -0.2) is 5.11 Å². The Labute approximate surface area is 120 Å². The second-order valence-corrected chi connectivity index (χ2v) is 4.96. The Bertz CT molecular complexity index is 571. The first-order chi connectivity index (χ1) is 9.66. The summed E-state index contributed by atoms with van der Waals surface area (Å²) in [5.74, 6) is -0.0788. The van der Waals surface area contributed by atoms with Gasteiger partial charge < -0.3 is 5.11 Å². The standard InChI is InChI=1S/C19H20O/c1-3-16(2)19(20,18-12-8-5-9-13-18)15-14-17-10-6-4-7-11-17/h3-16,20H,1H2,2H3/b15-14+/t16-,19+/m0/s1. The van der Waals surface area contributed by atoms with Crippen molar-refractivity contribution in [3.05, 3.63) is 90.5 Å². The van der Waals surface area contributed by atoms with Gasteiger partial charge in [-0.25, -0.2) is 0 Å². The van der Waals surface area contributed by atoms with E-state index in [0.29, 0.717) is 0 Å². The molecule has 0 saturated heterocycles. The van der Waals surface area contributed by atoms with Crippen molar-refractivity contribution in [3.63, 3.8) is 0 Å². The molecule has 102 valence electrons. The van der Waals surface area contributed by atoms with Crippen molar-refractivity contribution in [1.82, 2.24) is 0 Å². The molecule has 0 aliphatic rings. The molecule has 1 heteroatoms. The molecule has 2 aromatic rings. The van der Waals surface area contributed by atoms with Crippen molar-refractivity contribution < 1.29 is 5.11 Å². The maximum Gasteiger partial charge on any atom is 0.114 e. The van der Waals surface area contributed by atoms with Crippen molar-refractivity contribution in [2.24, 2.45) is 5.92 Å². The Morgan fingerprint density at radius 2 is 1.55 bits per heavy atom.